The first kappa shape index (κ1) is 30.2. The van der Waals surface area contributed by atoms with Crippen molar-refractivity contribution in [3.05, 3.63) is 119 Å². The van der Waals surface area contributed by atoms with Crippen molar-refractivity contribution in [3.63, 3.8) is 0 Å². The number of fused-ring (bicyclic) bond motifs is 1. The zero-order chi connectivity index (χ0) is 31.3. The van der Waals surface area contributed by atoms with Gasteiger partial charge in [-0.2, -0.15) is 0 Å². The fraction of sp³-hybridized carbons (Fsp3) is 0.237. The van der Waals surface area contributed by atoms with Gasteiger partial charge in [-0.1, -0.05) is 49.1 Å². The number of anilines is 3. The lowest BCUT2D eigenvalue weighted by Gasteiger charge is -2.23. The molecule has 3 N–H and O–H groups in total. The molecule has 0 radical (unpaired) electrons. The average molecular weight is 596 g/mol. The number of nitrogens with zero attached hydrogens (tertiary/aromatic N) is 4. The zero-order valence-corrected chi connectivity index (χ0v) is 26.6. The summed E-state index contributed by atoms with van der Waals surface area (Å²) in [7, 11) is 1.99. The minimum Gasteiger partial charge on any atom is -0.379 e. The molecule has 1 fully saturated rings. The molecular formula is C38H41N7. The molecule has 1 aliphatic rings. The summed E-state index contributed by atoms with van der Waals surface area (Å²) in [5, 5.41) is 10.6. The lowest BCUT2D eigenvalue weighted by molar-refractivity contribution is 0.190. The van der Waals surface area contributed by atoms with Crippen LogP contribution < -0.4 is 16.1 Å². The molecule has 5 aromatic rings. The van der Waals surface area contributed by atoms with Crippen molar-refractivity contribution >= 4 is 40.2 Å². The quantitative estimate of drug-likeness (QED) is 0.149. The Morgan fingerprint density at radius 1 is 0.956 bits per heavy atom. The van der Waals surface area contributed by atoms with E-state index in [1.165, 1.54) is 28.7 Å². The summed E-state index contributed by atoms with van der Waals surface area (Å²) in [4.78, 5) is 14.3. The highest BCUT2D eigenvalue weighted by atomic mass is 15.5. The van der Waals surface area contributed by atoms with Gasteiger partial charge in [0.2, 0.25) is 0 Å². The first-order valence-corrected chi connectivity index (χ1v) is 15.6. The van der Waals surface area contributed by atoms with E-state index in [4.69, 9.17) is 15.0 Å². The van der Waals surface area contributed by atoms with Gasteiger partial charge in [-0.15, -0.1) is 0 Å². The first-order valence-electron chi connectivity index (χ1n) is 15.6. The number of benzene rings is 2. The predicted molar refractivity (Wildman–Crippen MR) is 188 cm³/mol. The average Bonchev–Trinajstić information content (AvgIpc) is 3.55. The van der Waals surface area contributed by atoms with Crippen LogP contribution >= 0.6 is 0 Å². The first-order chi connectivity index (χ1) is 22.0. The number of hydrogen-bond acceptors (Lipinski definition) is 7. The van der Waals surface area contributed by atoms with Gasteiger partial charge in [0, 0.05) is 41.9 Å². The second kappa shape index (κ2) is 13.4. The number of aromatic nitrogens is 3. The van der Waals surface area contributed by atoms with Crippen LogP contribution in [0.1, 0.15) is 59.3 Å². The number of nitrogens with one attached hydrogen (secondary N) is 3. The van der Waals surface area contributed by atoms with E-state index in [0.29, 0.717) is 12.6 Å². The maximum Gasteiger partial charge on any atom is 0.156 e. The van der Waals surface area contributed by atoms with Crippen LogP contribution in [0.3, 0.4) is 0 Å². The molecule has 0 bridgehead atoms. The predicted octanol–water partition coefficient (Wildman–Crippen LogP) is 8.61. The summed E-state index contributed by atoms with van der Waals surface area (Å²) >= 11 is 0. The molecule has 45 heavy (non-hydrogen) atoms. The fourth-order valence-electron chi connectivity index (χ4n) is 6.33. The third kappa shape index (κ3) is 6.23. The van der Waals surface area contributed by atoms with Crippen molar-refractivity contribution in [1.29, 1.82) is 0 Å². The Labute approximate surface area is 266 Å². The monoisotopic (exact) mass is 595 g/mol. The third-order valence-corrected chi connectivity index (χ3v) is 8.81. The molecule has 1 unspecified atom stereocenters. The van der Waals surface area contributed by atoms with Crippen LogP contribution in [0.4, 0.5) is 17.2 Å². The van der Waals surface area contributed by atoms with Crippen LogP contribution in [-0.4, -0.2) is 33.6 Å². The van der Waals surface area contributed by atoms with Gasteiger partial charge in [0.05, 0.1) is 18.3 Å². The standard InChI is InChI=1S/C38H41N7/c1-6-11-28-20-27(7-2)22-41-35(28)24-42-33-14-8-12-31(25(33)3)32-13-9-15-34(26(32)4)44-38-37-29(17-18-40-38)21-30(23-43-37)36-16-10-19-45(36)39-5/h6-9,11-15,17-18,20-23,36,39,42H,2,10,16,19,24H2,1,3-5H3,(H,40,44)/b11-6-. The van der Waals surface area contributed by atoms with Crippen molar-refractivity contribution in [3.8, 4) is 11.1 Å². The van der Waals surface area contributed by atoms with E-state index < -0.39 is 0 Å². The van der Waals surface area contributed by atoms with Crippen LogP contribution in [0, 0.1) is 13.8 Å². The van der Waals surface area contributed by atoms with E-state index in [1.54, 1.807) is 0 Å². The molecule has 4 heterocycles. The third-order valence-electron chi connectivity index (χ3n) is 8.81. The van der Waals surface area contributed by atoms with Gasteiger partial charge in [0.15, 0.2) is 5.82 Å². The molecule has 0 saturated carbocycles. The van der Waals surface area contributed by atoms with Gasteiger partial charge in [-0.3, -0.25) is 15.4 Å². The van der Waals surface area contributed by atoms with E-state index in [0.717, 1.165) is 63.4 Å². The smallest absolute Gasteiger partial charge is 0.156 e. The molecule has 0 spiro atoms. The highest BCUT2D eigenvalue weighted by molar-refractivity contribution is 5.91. The summed E-state index contributed by atoms with van der Waals surface area (Å²) in [6.07, 6.45) is 14.0. The Balaban J connectivity index is 1.26. The number of hydrazine groups is 1. The molecule has 7 nitrogen and oxygen atoms in total. The van der Waals surface area contributed by atoms with Crippen molar-refractivity contribution in [2.24, 2.45) is 0 Å². The van der Waals surface area contributed by atoms with Crippen molar-refractivity contribution in [2.75, 3.05) is 24.2 Å². The zero-order valence-electron chi connectivity index (χ0n) is 26.6. The molecule has 228 valence electrons. The normalized spacial score (nSPS) is 15.2. The second-order valence-electron chi connectivity index (χ2n) is 11.5. The molecule has 1 saturated heterocycles. The summed E-state index contributed by atoms with van der Waals surface area (Å²) in [5.41, 5.74) is 15.3. The number of hydrogen-bond donors (Lipinski definition) is 3. The van der Waals surface area contributed by atoms with E-state index >= 15 is 0 Å². The molecular weight excluding hydrogens is 554 g/mol. The summed E-state index contributed by atoms with van der Waals surface area (Å²) in [6, 6.07) is 19.6. The van der Waals surface area contributed by atoms with E-state index in [-0.39, 0.29) is 0 Å². The van der Waals surface area contributed by atoms with Gasteiger partial charge in [0.1, 0.15) is 5.52 Å². The molecule has 6 rings (SSSR count). The van der Waals surface area contributed by atoms with E-state index in [9.17, 15) is 0 Å². The Kier molecular flexibility index (Phi) is 9.01. The maximum atomic E-state index is 4.90. The van der Waals surface area contributed by atoms with Gasteiger partial charge in [0.25, 0.3) is 0 Å². The van der Waals surface area contributed by atoms with Crippen molar-refractivity contribution in [1.82, 2.24) is 25.4 Å². The topological polar surface area (TPSA) is 78.0 Å². The lowest BCUT2D eigenvalue weighted by Crippen LogP contribution is -2.34. The van der Waals surface area contributed by atoms with Crippen LogP contribution in [-0.2, 0) is 6.54 Å². The van der Waals surface area contributed by atoms with Gasteiger partial charge < -0.3 is 10.6 Å². The highest BCUT2D eigenvalue weighted by Crippen LogP contribution is 2.36. The minimum atomic E-state index is 0.341. The Morgan fingerprint density at radius 2 is 1.73 bits per heavy atom. The molecule has 7 heteroatoms. The molecule has 3 aromatic heterocycles. The van der Waals surface area contributed by atoms with Crippen molar-refractivity contribution in [2.45, 2.75) is 46.2 Å². The SMILES string of the molecule is C=Cc1cnc(CNc2cccc(-c3cccc(Nc4nccc5cc(C6CCCN6NC)cnc45)c3C)c2C)c(/C=C\C)c1. The Morgan fingerprint density at radius 3 is 2.49 bits per heavy atom. The molecule has 0 aliphatic carbocycles. The Bertz CT molecular complexity index is 1880. The van der Waals surface area contributed by atoms with Crippen LogP contribution in [0.25, 0.3) is 34.2 Å². The molecule has 0 amide bonds. The van der Waals surface area contributed by atoms with Crippen LogP contribution in [0.2, 0.25) is 0 Å². The maximum absolute atomic E-state index is 4.90. The van der Waals surface area contributed by atoms with E-state index in [1.807, 2.05) is 50.8 Å². The molecule has 1 aliphatic heterocycles. The Hall–Kier alpha value is -4.85. The van der Waals surface area contributed by atoms with Gasteiger partial charge in [-0.25, -0.2) is 9.99 Å². The summed E-state index contributed by atoms with van der Waals surface area (Å²) < 4.78 is 0. The minimum absolute atomic E-state index is 0.341. The lowest BCUT2D eigenvalue weighted by atomic mass is 9.94. The number of rotatable bonds is 10. The van der Waals surface area contributed by atoms with Gasteiger partial charge in [-0.05, 0) is 110 Å². The molecule has 2 aromatic carbocycles. The highest BCUT2D eigenvalue weighted by Gasteiger charge is 2.25. The second-order valence-corrected chi connectivity index (χ2v) is 11.5. The number of allylic oxidation sites excluding steroid dienone is 1. The summed E-state index contributed by atoms with van der Waals surface area (Å²) in [6.45, 7) is 11.9. The summed E-state index contributed by atoms with van der Waals surface area (Å²) in [5.74, 6) is 0.759. The van der Waals surface area contributed by atoms with Gasteiger partial charge >= 0.3 is 0 Å². The van der Waals surface area contributed by atoms with Crippen LogP contribution in [0.5, 0.6) is 0 Å². The largest absolute Gasteiger partial charge is 0.379 e. The fourth-order valence-corrected chi connectivity index (χ4v) is 6.33. The number of pyridine rings is 3. The van der Waals surface area contributed by atoms with Crippen molar-refractivity contribution < 1.29 is 0 Å². The van der Waals surface area contributed by atoms with E-state index in [2.05, 4.69) is 96.1 Å². The van der Waals surface area contributed by atoms with Crippen LogP contribution in [0.15, 0.2) is 85.8 Å². The molecule has 1 atom stereocenters.